The Bertz CT molecular complexity index is 1110. The molecule has 1 aliphatic heterocycles. The van der Waals surface area contributed by atoms with E-state index >= 15 is 0 Å². The van der Waals surface area contributed by atoms with Crippen LogP contribution in [0, 0.1) is 6.92 Å². The molecular formula is C21H25N7O2. The third-order valence-electron chi connectivity index (χ3n) is 5.05. The van der Waals surface area contributed by atoms with E-state index in [2.05, 4.69) is 30.5 Å². The molecule has 2 aromatic heterocycles. The molecule has 0 radical (unpaired) electrons. The third-order valence-corrected chi connectivity index (χ3v) is 5.05. The first-order chi connectivity index (χ1) is 14.6. The summed E-state index contributed by atoms with van der Waals surface area (Å²) in [7, 11) is 0. The minimum atomic E-state index is -0.251. The Labute approximate surface area is 174 Å². The Kier molecular flexibility index (Phi) is 5.87. The second kappa shape index (κ2) is 8.89. The Hall–Kier alpha value is -3.49. The van der Waals surface area contributed by atoms with Gasteiger partial charge < -0.3 is 15.5 Å². The van der Waals surface area contributed by atoms with Crippen molar-refractivity contribution in [3.8, 4) is 0 Å². The van der Waals surface area contributed by atoms with Gasteiger partial charge in [-0.15, -0.1) is 0 Å². The highest BCUT2D eigenvalue weighted by Crippen LogP contribution is 2.19. The molecule has 156 valence electrons. The molecule has 4 rings (SSSR count). The van der Waals surface area contributed by atoms with Crippen LogP contribution in [-0.2, 0) is 11.3 Å². The Morgan fingerprint density at radius 2 is 1.93 bits per heavy atom. The number of anilines is 2. The van der Waals surface area contributed by atoms with Crippen LogP contribution in [-0.4, -0.2) is 51.6 Å². The third kappa shape index (κ3) is 4.56. The zero-order chi connectivity index (χ0) is 20.9. The van der Waals surface area contributed by atoms with Gasteiger partial charge in [0.05, 0.1) is 17.2 Å². The highest BCUT2D eigenvalue weighted by atomic mass is 16.2. The summed E-state index contributed by atoms with van der Waals surface area (Å²) in [6, 6.07) is 9.08. The highest BCUT2D eigenvalue weighted by molar-refractivity contribution is 5.78. The number of benzene rings is 1. The number of para-hydroxylation sites is 1. The molecule has 9 heteroatoms. The van der Waals surface area contributed by atoms with Crippen LogP contribution in [0.5, 0.6) is 0 Å². The van der Waals surface area contributed by atoms with Gasteiger partial charge in [-0.25, -0.2) is 9.97 Å². The fourth-order valence-electron chi connectivity index (χ4n) is 3.54. The summed E-state index contributed by atoms with van der Waals surface area (Å²) < 4.78 is 1.32. The van der Waals surface area contributed by atoms with Crippen LogP contribution in [0.15, 0.2) is 41.5 Å². The molecule has 30 heavy (non-hydrogen) atoms. The van der Waals surface area contributed by atoms with E-state index in [1.807, 2.05) is 19.1 Å². The molecule has 1 saturated heterocycles. The normalized spacial score (nSPS) is 13.6. The van der Waals surface area contributed by atoms with Gasteiger partial charge in [-0.3, -0.25) is 14.2 Å². The molecule has 1 aliphatic rings. The minimum absolute atomic E-state index is 0.0727. The highest BCUT2D eigenvalue weighted by Gasteiger charge is 2.15. The fourth-order valence-corrected chi connectivity index (χ4v) is 3.54. The standard InChI is InChI=1S/C21H25N7O2/c1-15-12-18(27-10-4-5-11-27)26-21(25-15)23-9-8-22-19(29)13-28-14-24-17-7-3-2-6-16(17)20(28)30/h2-3,6-7,12,14H,4-5,8-11,13H2,1H3,(H,22,29)(H,23,25,26). The van der Waals surface area contributed by atoms with E-state index in [0.717, 1.165) is 24.6 Å². The van der Waals surface area contributed by atoms with Crippen molar-refractivity contribution in [1.29, 1.82) is 0 Å². The second-order valence-electron chi connectivity index (χ2n) is 7.36. The Morgan fingerprint density at radius 1 is 1.13 bits per heavy atom. The number of nitrogens with one attached hydrogen (secondary N) is 2. The molecule has 0 aliphatic carbocycles. The summed E-state index contributed by atoms with van der Waals surface area (Å²) in [5.74, 6) is 1.25. The lowest BCUT2D eigenvalue weighted by Gasteiger charge is -2.17. The van der Waals surface area contributed by atoms with E-state index in [1.54, 1.807) is 18.2 Å². The molecule has 1 fully saturated rings. The van der Waals surface area contributed by atoms with Crippen molar-refractivity contribution in [3.05, 3.63) is 52.7 Å². The first-order valence-corrected chi connectivity index (χ1v) is 10.2. The molecular weight excluding hydrogens is 382 g/mol. The van der Waals surface area contributed by atoms with E-state index < -0.39 is 0 Å². The predicted octanol–water partition coefficient (Wildman–Crippen LogP) is 1.32. The van der Waals surface area contributed by atoms with E-state index in [0.29, 0.717) is 29.9 Å². The monoisotopic (exact) mass is 407 g/mol. The SMILES string of the molecule is Cc1cc(N2CCCC2)nc(NCCNC(=O)Cn2cnc3ccccc3c2=O)n1. The number of rotatable bonds is 7. The number of carbonyl (C=O) groups is 1. The van der Waals surface area contributed by atoms with Crippen LogP contribution < -0.4 is 21.1 Å². The van der Waals surface area contributed by atoms with E-state index in [9.17, 15) is 9.59 Å². The van der Waals surface area contributed by atoms with Crippen LogP contribution in [0.4, 0.5) is 11.8 Å². The number of amides is 1. The van der Waals surface area contributed by atoms with Gasteiger partial charge in [0.25, 0.3) is 5.56 Å². The minimum Gasteiger partial charge on any atom is -0.356 e. The summed E-state index contributed by atoms with van der Waals surface area (Å²) in [5, 5.41) is 6.47. The molecule has 1 aromatic carbocycles. The molecule has 1 amide bonds. The number of nitrogens with zero attached hydrogens (tertiary/aromatic N) is 5. The zero-order valence-electron chi connectivity index (χ0n) is 17.0. The number of aryl methyl sites for hydroxylation is 1. The van der Waals surface area contributed by atoms with Crippen LogP contribution in [0.2, 0.25) is 0 Å². The molecule has 2 N–H and O–H groups in total. The van der Waals surface area contributed by atoms with Crippen molar-refractivity contribution in [2.24, 2.45) is 0 Å². The zero-order valence-corrected chi connectivity index (χ0v) is 17.0. The van der Waals surface area contributed by atoms with E-state index in [4.69, 9.17) is 0 Å². The summed E-state index contributed by atoms with van der Waals surface area (Å²) in [4.78, 5) is 40.2. The Balaban J connectivity index is 1.29. The first kappa shape index (κ1) is 19.8. The van der Waals surface area contributed by atoms with Gasteiger partial charge in [0.2, 0.25) is 11.9 Å². The molecule has 0 saturated carbocycles. The fraction of sp³-hybridized carbons (Fsp3) is 0.381. The van der Waals surface area contributed by atoms with Gasteiger partial charge in [0.1, 0.15) is 12.4 Å². The summed E-state index contributed by atoms with van der Waals surface area (Å²) in [6.45, 7) is 4.80. The van der Waals surface area contributed by atoms with Crippen molar-refractivity contribution in [2.45, 2.75) is 26.3 Å². The summed E-state index contributed by atoms with van der Waals surface area (Å²) >= 11 is 0. The Morgan fingerprint density at radius 3 is 2.77 bits per heavy atom. The van der Waals surface area contributed by atoms with Gasteiger partial charge in [-0.2, -0.15) is 4.98 Å². The number of hydrogen-bond donors (Lipinski definition) is 2. The maximum atomic E-state index is 12.5. The number of aromatic nitrogens is 4. The number of fused-ring (bicyclic) bond motifs is 1. The van der Waals surface area contributed by atoms with Crippen molar-refractivity contribution in [2.75, 3.05) is 36.4 Å². The molecule has 3 aromatic rings. The van der Waals surface area contributed by atoms with E-state index in [1.165, 1.54) is 23.7 Å². The lowest BCUT2D eigenvalue weighted by Crippen LogP contribution is -2.35. The van der Waals surface area contributed by atoms with Crippen molar-refractivity contribution >= 4 is 28.6 Å². The number of hydrogen-bond acceptors (Lipinski definition) is 7. The van der Waals surface area contributed by atoms with Gasteiger partial charge in [-0.05, 0) is 31.9 Å². The van der Waals surface area contributed by atoms with Gasteiger partial charge in [-0.1, -0.05) is 12.1 Å². The molecule has 0 bridgehead atoms. The van der Waals surface area contributed by atoms with Crippen LogP contribution in [0.3, 0.4) is 0 Å². The summed E-state index contributed by atoms with van der Waals surface area (Å²) in [6.07, 6.45) is 3.78. The van der Waals surface area contributed by atoms with Gasteiger partial charge >= 0.3 is 0 Å². The topological polar surface area (TPSA) is 105 Å². The van der Waals surface area contributed by atoms with E-state index in [-0.39, 0.29) is 18.0 Å². The smallest absolute Gasteiger partial charge is 0.261 e. The predicted molar refractivity (Wildman–Crippen MR) is 116 cm³/mol. The van der Waals surface area contributed by atoms with Crippen LogP contribution in [0.1, 0.15) is 18.5 Å². The molecule has 0 spiro atoms. The number of carbonyl (C=O) groups excluding carboxylic acids is 1. The quantitative estimate of drug-likeness (QED) is 0.569. The first-order valence-electron chi connectivity index (χ1n) is 10.2. The summed E-state index contributed by atoms with van der Waals surface area (Å²) in [5.41, 5.74) is 1.30. The van der Waals surface area contributed by atoms with Crippen molar-refractivity contribution in [3.63, 3.8) is 0 Å². The molecule has 0 unspecified atom stereocenters. The average molecular weight is 407 g/mol. The second-order valence-corrected chi connectivity index (χ2v) is 7.36. The lowest BCUT2D eigenvalue weighted by atomic mass is 10.2. The molecule has 3 heterocycles. The van der Waals surface area contributed by atoms with Crippen molar-refractivity contribution in [1.82, 2.24) is 24.8 Å². The van der Waals surface area contributed by atoms with Crippen molar-refractivity contribution < 1.29 is 4.79 Å². The maximum absolute atomic E-state index is 12.5. The van der Waals surface area contributed by atoms with Gasteiger partial charge in [0.15, 0.2) is 0 Å². The largest absolute Gasteiger partial charge is 0.356 e. The van der Waals surface area contributed by atoms with Crippen LogP contribution in [0.25, 0.3) is 10.9 Å². The van der Waals surface area contributed by atoms with Crippen LogP contribution >= 0.6 is 0 Å². The van der Waals surface area contributed by atoms with Gasteiger partial charge in [0, 0.05) is 37.9 Å². The average Bonchev–Trinajstić information content (AvgIpc) is 3.28. The molecule has 9 nitrogen and oxygen atoms in total. The lowest BCUT2D eigenvalue weighted by molar-refractivity contribution is -0.121. The molecule has 0 atom stereocenters. The maximum Gasteiger partial charge on any atom is 0.261 e.